The highest BCUT2D eigenvalue weighted by Gasteiger charge is 2.15. The van der Waals surface area contributed by atoms with Gasteiger partial charge in [0.15, 0.2) is 6.61 Å². The Morgan fingerprint density at radius 3 is 2.40 bits per heavy atom. The van der Waals surface area contributed by atoms with Crippen molar-refractivity contribution < 1.29 is 14.3 Å². The first-order valence-electron chi connectivity index (χ1n) is 11.2. The number of amides is 1. The largest absolute Gasteiger partial charge is 0.452 e. The molecule has 2 aromatic carbocycles. The van der Waals surface area contributed by atoms with Gasteiger partial charge in [0.25, 0.3) is 5.91 Å². The maximum Gasteiger partial charge on any atom is 0.338 e. The number of carbonyl (C=O) groups excluding carboxylic acids is 2. The zero-order valence-electron chi connectivity index (χ0n) is 19.9. The van der Waals surface area contributed by atoms with Crippen molar-refractivity contribution in [1.29, 1.82) is 0 Å². The van der Waals surface area contributed by atoms with Gasteiger partial charge in [-0.3, -0.25) is 14.0 Å². The summed E-state index contributed by atoms with van der Waals surface area (Å²) in [6, 6.07) is 16.5. The molecule has 2 N–H and O–H groups in total. The number of rotatable bonds is 8. The lowest BCUT2D eigenvalue weighted by atomic mass is 10.2. The van der Waals surface area contributed by atoms with Gasteiger partial charge in [0, 0.05) is 29.7 Å². The minimum atomic E-state index is -0.618. The molecule has 0 unspecified atom stereocenters. The van der Waals surface area contributed by atoms with Crippen molar-refractivity contribution in [2.24, 2.45) is 0 Å². The predicted octanol–water partition coefficient (Wildman–Crippen LogP) is 2.81. The van der Waals surface area contributed by atoms with Crippen LogP contribution >= 0.6 is 0 Å². The highest BCUT2D eigenvalue weighted by molar-refractivity contribution is 5.91. The predicted molar refractivity (Wildman–Crippen MR) is 131 cm³/mol. The quantitative estimate of drug-likeness (QED) is 0.382. The third-order valence-electron chi connectivity index (χ3n) is 5.82. The molecule has 1 amide bonds. The van der Waals surface area contributed by atoms with Crippen molar-refractivity contribution in [3.8, 4) is 5.69 Å². The molecule has 0 bridgehead atoms. The van der Waals surface area contributed by atoms with Gasteiger partial charge in [-0.05, 0) is 50.6 Å². The topological polar surface area (TPSA) is 111 Å². The second-order valence-electron chi connectivity index (χ2n) is 8.26. The number of nitrogens with one attached hydrogen (secondary N) is 2. The number of hydrogen-bond donors (Lipinski definition) is 2. The van der Waals surface area contributed by atoms with Crippen LogP contribution in [0.5, 0.6) is 0 Å². The Balaban J connectivity index is 1.30. The van der Waals surface area contributed by atoms with Crippen LogP contribution in [0.2, 0.25) is 0 Å². The van der Waals surface area contributed by atoms with E-state index in [1.165, 1.54) is 4.57 Å². The third-order valence-corrected chi connectivity index (χ3v) is 5.82. The van der Waals surface area contributed by atoms with Crippen LogP contribution in [0.3, 0.4) is 0 Å². The summed E-state index contributed by atoms with van der Waals surface area (Å²) in [6.07, 6.45) is 1.61. The summed E-state index contributed by atoms with van der Waals surface area (Å²) < 4.78 is 8.56. The average Bonchev–Trinajstić information content (AvgIpc) is 3.33. The molecule has 2 aromatic heterocycles. The Kier molecular flexibility index (Phi) is 6.96. The van der Waals surface area contributed by atoms with E-state index in [0.29, 0.717) is 18.8 Å². The van der Waals surface area contributed by atoms with E-state index in [0.717, 1.165) is 28.2 Å². The molecule has 180 valence electrons. The summed E-state index contributed by atoms with van der Waals surface area (Å²) in [5.74, 6) is -1.02. The number of aryl methyl sites for hydroxylation is 2. The molecule has 9 nitrogen and oxygen atoms in total. The summed E-state index contributed by atoms with van der Waals surface area (Å²) in [5.41, 5.74) is 5.30. The zero-order chi connectivity index (χ0) is 24.9. The number of imidazole rings is 1. The standard InChI is InChI=1S/C26H27N5O4/c1-17-13-28-26(34)31(17)22-11-9-21(10-12-22)25(33)35-16-24(32)27-14-23-18(2)29-30(19(23)3)15-20-7-5-4-6-8-20/h4-13H,14-16H2,1-3H3,(H,27,32)(H,28,34). The minimum Gasteiger partial charge on any atom is -0.452 e. The molecule has 2 heterocycles. The number of benzene rings is 2. The van der Waals surface area contributed by atoms with E-state index in [-0.39, 0.29) is 11.3 Å². The Labute approximate surface area is 202 Å². The molecule has 0 aliphatic heterocycles. The molecule has 0 saturated heterocycles. The summed E-state index contributed by atoms with van der Waals surface area (Å²) in [4.78, 5) is 39.2. The maximum absolute atomic E-state index is 12.3. The zero-order valence-corrected chi connectivity index (χ0v) is 19.9. The van der Waals surface area contributed by atoms with E-state index in [2.05, 4.69) is 15.4 Å². The number of hydrogen-bond acceptors (Lipinski definition) is 5. The monoisotopic (exact) mass is 473 g/mol. The molecule has 0 fully saturated rings. The second-order valence-corrected chi connectivity index (χ2v) is 8.26. The van der Waals surface area contributed by atoms with Crippen molar-refractivity contribution in [1.82, 2.24) is 24.6 Å². The van der Waals surface area contributed by atoms with Gasteiger partial charge < -0.3 is 15.0 Å². The fraction of sp³-hybridized carbons (Fsp3) is 0.231. The van der Waals surface area contributed by atoms with E-state index in [4.69, 9.17) is 4.74 Å². The minimum absolute atomic E-state index is 0.259. The average molecular weight is 474 g/mol. The van der Waals surface area contributed by atoms with Gasteiger partial charge in [0.05, 0.1) is 23.5 Å². The molecular formula is C26H27N5O4. The Morgan fingerprint density at radius 1 is 1.03 bits per heavy atom. The van der Waals surface area contributed by atoms with Crippen LogP contribution in [0.4, 0.5) is 0 Å². The lowest BCUT2D eigenvalue weighted by Gasteiger charge is -2.09. The van der Waals surface area contributed by atoms with Gasteiger partial charge in [0.2, 0.25) is 0 Å². The SMILES string of the molecule is Cc1nn(Cc2ccccc2)c(C)c1CNC(=O)COC(=O)c1ccc(-n2c(C)c[nH]c2=O)cc1. The van der Waals surface area contributed by atoms with Crippen LogP contribution in [0.25, 0.3) is 5.69 Å². The van der Waals surface area contributed by atoms with Crippen LogP contribution in [0.15, 0.2) is 65.6 Å². The molecular weight excluding hydrogens is 446 g/mol. The highest BCUT2D eigenvalue weighted by Crippen LogP contribution is 2.15. The van der Waals surface area contributed by atoms with E-state index in [1.807, 2.05) is 48.9 Å². The molecule has 4 aromatic rings. The van der Waals surface area contributed by atoms with Gasteiger partial charge in [-0.15, -0.1) is 0 Å². The smallest absolute Gasteiger partial charge is 0.338 e. The van der Waals surface area contributed by atoms with Gasteiger partial charge >= 0.3 is 11.7 Å². The van der Waals surface area contributed by atoms with Crippen molar-refractivity contribution in [3.05, 3.63) is 105 Å². The number of esters is 1. The van der Waals surface area contributed by atoms with Crippen molar-refractivity contribution >= 4 is 11.9 Å². The molecule has 0 saturated carbocycles. The van der Waals surface area contributed by atoms with Gasteiger partial charge in [-0.2, -0.15) is 5.10 Å². The summed E-state index contributed by atoms with van der Waals surface area (Å²) in [7, 11) is 0. The summed E-state index contributed by atoms with van der Waals surface area (Å²) in [5, 5.41) is 7.38. The van der Waals surface area contributed by atoms with Gasteiger partial charge in [-0.1, -0.05) is 30.3 Å². The lowest BCUT2D eigenvalue weighted by molar-refractivity contribution is -0.124. The summed E-state index contributed by atoms with van der Waals surface area (Å²) >= 11 is 0. The van der Waals surface area contributed by atoms with Gasteiger partial charge in [0.1, 0.15) is 0 Å². The molecule has 0 aliphatic rings. The number of nitrogens with zero attached hydrogens (tertiary/aromatic N) is 3. The summed E-state index contributed by atoms with van der Waals surface area (Å²) in [6.45, 7) is 6.22. The number of H-pyrrole nitrogens is 1. The van der Waals surface area contributed by atoms with E-state index >= 15 is 0 Å². The molecule has 0 aliphatic carbocycles. The molecule has 0 spiro atoms. The first-order chi connectivity index (χ1) is 16.8. The van der Waals surface area contributed by atoms with Crippen LogP contribution in [0, 0.1) is 20.8 Å². The molecule has 0 radical (unpaired) electrons. The van der Waals surface area contributed by atoms with Crippen LogP contribution in [-0.4, -0.2) is 37.8 Å². The Hall–Kier alpha value is -4.40. The normalized spacial score (nSPS) is 10.8. The highest BCUT2D eigenvalue weighted by atomic mass is 16.5. The van der Waals surface area contributed by atoms with E-state index in [1.54, 1.807) is 37.4 Å². The first kappa shape index (κ1) is 23.7. The number of ether oxygens (including phenoxy) is 1. The third kappa shape index (κ3) is 5.40. The van der Waals surface area contributed by atoms with E-state index in [9.17, 15) is 14.4 Å². The number of aromatic amines is 1. The Bertz CT molecular complexity index is 1400. The van der Waals surface area contributed by atoms with Crippen LogP contribution in [0.1, 0.15) is 38.6 Å². The Morgan fingerprint density at radius 2 is 1.74 bits per heavy atom. The molecule has 0 atom stereocenters. The van der Waals surface area contributed by atoms with Crippen molar-refractivity contribution in [3.63, 3.8) is 0 Å². The van der Waals surface area contributed by atoms with Crippen molar-refractivity contribution in [2.75, 3.05) is 6.61 Å². The van der Waals surface area contributed by atoms with Gasteiger partial charge in [-0.25, -0.2) is 9.59 Å². The molecule has 35 heavy (non-hydrogen) atoms. The maximum atomic E-state index is 12.3. The fourth-order valence-electron chi connectivity index (χ4n) is 3.88. The van der Waals surface area contributed by atoms with Crippen LogP contribution in [-0.2, 0) is 22.6 Å². The fourth-order valence-corrected chi connectivity index (χ4v) is 3.88. The lowest BCUT2D eigenvalue weighted by Crippen LogP contribution is -2.28. The van der Waals surface area contributed by atoms with Crippen molar-refractivity contribution in [2.45, 2.75) is 33.9 Å². The van der Waals surface area contributed by atoms with Crippen LogP contribution < -0.4 is 11.0 Å². The number of carbonyl (C=O) groups is 2. The van der Waals surface area contributed by atoms with E-state index < -0.39 is 18.5 Å². The first-order valence-corrected chi connectivity index (χ1v) is 11.2. The molecule has 4 rings (SSSR count). The number of aromatic nitrogens is 4. The molecule has 9 heteroatoms. The second kappa shape index (κ2) is 10.3.